The monoisotopic (exact) mass is 155 g/mol. The topological polar surface area (TPSA) is 20.3 Å². The second kappa shape index (κ2) is 4.37. The van der Waals surface area contributed by atoms with Crippen LogP contribution in [0.15, 0.2) is 0 Å². The van der Waals surface area contributed by atoms with Gasteiger partial charge in [0.15, 0.2) is 0 Å². The molecule has 0 radical (unpaired) electrons. The largest absolute Gasteiger partial charge is 0.342 e. The molecular weight excluding hydrogens is 138 g/mol. The van der Waals surface area contributed by atoms with Gasteiger partial charge in [0.05, 0.1) is 0 Å². The molecule has 1 aliphatic rings. The van der Waals surface area contributed by atoms with E-state index in [1.165, 1.54) is 25.7 Å². The SMILES string of the molecule is CCC1CCCCCN1C=O. The summed E-state index contributed by atoms with van der Waals surface area (Å²) in [5.41, 5.74) is 0. The van der Waals surface area contributed by atoms with Crippen molar-refractivity contribution >= 4 is 6.41 Å². The van der Waals surface area contributed by atoms with E-state index in [1.54, 1.807) is 0 Å². The zero-order valence-electron chi connectivity index (χ0n) is 7.25. The Kier molecular flexibility index (Phi) is 3.40. The van der Waals surface area contributed by atoms with E-state index in [0.29, 0.717) is 6.04 Å². The maximum atomic E-state index is 10.6. The lowest BCUT2D eigenvalue weighted by Crippen LogP contribution is -2.32. The van der Waals surface area contributed by atoms with Crippen LogP contribution in [0.25, 0.3) is 0 Å². The minimum Gasteiger partial charge on any atom is -0.342 e. The van der Waals surface area contributed by atoms with Crippen LogP contribution in [-0.4, -0.2) is 23.9 Å². The zero-order valence-corrected chi connectivity index (χ0v) is 7.25. The average Bonchev–Trinajstić information content (AvgIpc) is 2.27. The van der Waals surface area contributed by atoms with Gasteiger partial charge in [0.2, 0.25) is 6.41 Å². The molecule has 11 heavy (non-hydrogen) atoms. The maximum absolute atomic E-state index is 10.6. The normalized spacial score (nSPS) is 26.3. The first kappa shape index (κ1) is 8.57. The quantitative estimate of drug-likeness (QED) is 0.557. The Labute approximate surface area is 68.6 Å². The van der Waals surface area contributed by atoms with Crippen LogP contribution in [0.4, 0.5) is 0 Å². The van der Waals surface area contributed by atoms with Crippen molar-refractivity contribution in [2.45, 2.75) is 45.1 Å². The molecule has 0 aromatic carbocycles. The highest BCUT2D eigenvalue weighted by Crippen LogP contribution is 2.16. The van der Waals surface area contributed by atoms with Crippen molar-refractivity contribution in [3.63, 3.8) is 0 Å². The average molecular weight is 155 g/mol. The van der Waals surface area contributed by atoms with Crippen LogP contribution in [0.3, 0.4) is 0 Å². The number of hydrogen-bond acceptors (Lipinski definition) is 1. The number of carbonyl (C=O) groups excluding carboxylic acids is 1. The molecule has 2 nitrogen and oxygen atoms in total. The smallest absolute Gasteiger partial charge is 0.209 e. The predicted octanol–water partition coefficient (Wildman–Crippen LogP) is 1.80. The van der Waals surface area contributed by atoms with Gasteiger partial charge in [0.25, 0.3) is 0 Å². The van der Waals surface area contributed by atoms with Gasteiger partial charge in [-0.25, -0.2) is 0 Å². The molecule has 1 atom stereocenters. The van der Waals surface area contributed by atoms with Crippen LogP contribution in [-0.2, 0) is 4.79 Å². The highest BCUT2D eigenvalue weighted by atomic mass is 16.1. The van der Waals surface area contributed by atoms with Gasteiger partial charge in [-0.1, -0.05) is 19.8 Å². The Morgan fingerprint density at radius 1 is 1.45 bits per heavy atom. The summed E-state index contributed by atoms with van der Waals surface area (Å²) in [6.07, 6.45) is 7.10. The molecule has 0 spiro atoms. The van der Waals surface area contributed by atoms with Crippen molar-refractivity contribution in [1.29, 1.82) is 0 Å². The number of nitrogens with zero attached hydrogens (tertiary/aromatic N) is 1. The third kappa shape index (κ3) is 2.21. The molecule has 64 valence electrons. The van der Waals surface area contributed by atoms with E-state index in [-0.39, 0.29) is 0 Å². The summed E-state index contributed by atoms with van der Waals surface area (Å²) in [7, 11) is 0. The Bertz CT molecular complexity index is 125. The molecule has 0 aromatic rings. The molecule has 1 aliphatic heterocycles. The number of hydrogen-bond donors (Lipinski definition) is 0. The third-order valence-corrected chi connectivity index (χ3v) is 2.53. The Hall–Kier alpha value is -0.530. The first-order valence-electron chi connectivity index (χ1n) is 4.59. The Morgan fingerprint density at radius 2 is 2.27 bits per heavy atom. The fourth-order valence-electron chi connectivity index (χ4n) is 1.78. The molecule has 1 fully saturated rings. The van der Waals surface area contributed by atoms with E-state index in [2.05, 4.69) is 6.92 Å². The molecule has 1 unspecified atom stereocenters. The number of carbonyl (C=O) groups is 1. The van der Waals surface area contributed by atoms with Gasteiger partial charge in [-0.15, -0.1) is 0 Å². The highest BCUT2D eigenvalue weighted by molar-refractivity contribution is 5.47. The molecule has 0 bridgehead atoms. The molecule has 0 aliphatic carbocycles. The second-order valence-electron chi connectivity index (χ2n) is 3.25. The fourth-order valence-corrected chi connectivity index (χ4v) is 1.78. The van der Waals surface area contributed by atoms with Crippen molar-refractivity contribution in [2.75, 3.05) is 6.54 Å². The van der Waals surface area contributed by atoms with E-state index >= 15 is 0 Å². The molecule has 2 heteroatoms. The van der Waals surface area contributed by atoms with Crippen LogP contribution in [0.5, 0.6) is 0 Å². The summed E-state index contributed by atoms with van der Waals surface area (Å²) in [5.74, 6) is 0. The molecule has 1 rings (SSSR count). The van der Waals surface area contributed by atoms with Crippen LogP contribution in [0.2, 0.25) is 0 Å². The van der Waals surface area contributed by atoms with Gasteiger partial charge >= 0.3 is 0 Å². The number of amides is 1. The van der Waals surface area contributed by atoms with Crippen molar-refractivity contribution < 1.29 is 4.79 Å². The van der Waals surface area contributed by atoms with Crippen LogP contribution < -0.4 is 0 Å². The van der Waals surface area contributed by atoms with Crippen molar-refractivity contribution in [1.82, 2.24) is 4.90 Å². The summed E-state index contributed by atoms with van der Waals surface area (Å²) in [6, 6.07) is 0.523. The molecule has 0 N–H and O–H groups in total. The molecule has 0 aromatic heterocycles. The van der Waals surface area contributed by atoms with Crippen molar-refractivity contribution in [2.24, 2.45) is 0 Å². The minimum atomic E-state index is 0.523. The number of rotatable bonds is 2. The first-order chi connectivity index (χ1) is 5.38. The molecule has 1 saturated heterocycles. The standard InChI is InChI=1S/C9H17NO/c1-2-9-6-4-3-5-7-10(9)8-11/h8-9H,2-7H2,1H3. The van der Waals surface area contributed by atoms with Crippen LogP contribution in [0.1, 0.15) is 39.0 Å². The first-order valence-corrected chi connectivity index (χ1v) is 4.59. The van der Waals surface area contributed by atoms with Crippen molar-refractivity contribution in [3.8, 4) is 0 Å². The summed E-state index contributed by atoms with van der Waals surface area (Å²) in [5, 5.41) is 0. The summed E-state index contributed by atoms with van der Waals surface area (Å²) in [6.45, 7) is 3.13. The van der Waals surface area contributed by atoms with Crippen LogP contribution in [0, 0.1) is 0 Å². The predicted molar refractivity (Wildman–Crippen MR) is 45.3 cm³/mol. The fraction of sp³-hybridized carbons (Fsp3) is 0.889. The van der Waals surface area contributed by atoms with E-state index in [1.807, 2.05) is 4.90 Å². The molecule has 1 heterocycles. The van der Waals surface area contributed by atoms with Gasteiger partial charge in [-0.05, 0) is 19.3 Å². The second-order valence-corrected chi connectivity index (χ2v) is 3.25. The Morgan fingerprint density at radius 3 is 2.91 bits per heavy atom. The van der Waals surface area contributed by atoms with E-state index in [9.17, 15) is 4.79 Å². The molecular formula is C9H17NO. The number of likely N-dealkylation sites (tertiary alicyclic amines) is 1. The Balaban J connectivity index is 2.47. The minimum absolute atomic E-state index is 0.523. The van der Waals surface area contributed by atoms with E-state index < -0.39 is 0 Å². The van der Waals surface area contributed by atoms with E-state index in [4.69, 9.17) is 0 Å². The lowest BCUT2D eigenvalue weighted by atomic mass is 10.1. The maximum Gasteiger partial charge on any atom is 0.209 e. The summed E-state index contributed by atoms with van der Waals surface area (Å²) < 4.78 is 0. The van der Waals surface area contributed by atoms with Gasteiger partial charge in [0, 0.05) is 12.6 Å². The van der Waals surface area contributed by atoms with Gasteiger partial charge in [0.1, 0.15) is 0 Å². The van der Waals surface area contributed by atoms with Gasteiger partial charge in [-0.3, -0.25) is 4.79 Å². The van der Waals surface area contributed by atoms with Crippen molar-refractivity contribution in [3.05, 3.63) is 0 Å². The third-order valence-electron chi connectivity index (χ3n) is 2.53. The van der Waals surface area contributed by atoms with Crippen LogP contribution >= 0.6 is 0 Å². The van der Waals surface area contributed by atoms with Gasteiger partial charge < -0.3 is 4.90 Å². The lowest BCUT2D eigenvalue weighted by molar-refractivity contribution is -0.120. The molecule has 0 saturated carbocycles. The van der Waals surface area contributed by atoms with E-state index in [0.717, 1.165) is 19.4 Å². The lowest BCUT2D eigenvalue weighted by Gasteiger charge is -2.24. The van der Waals surface area contributed by atoms with Gasteiger partial charge in [-0.2, -0.15) is 0 Å². The summed E-state index contributed by atoms with van der Waals surface area (Å²) >= 11 is 0. The summed E-state index contributed by atoms with van der Waals surface area (Å²) in [4.78, 5) is 12.6. The molecule has 1 amide bonds. The highest BCUT2D eigenvalue weighted by Gasteiger charge is 2.16. The zero-order chi connectivity index (χ0) is 8.10.